The van der Waals surface area contributed by atoms with E-state index in [1.807, 2.05) is 0 Å². The molecule has 2 aliphatic rings. The van der Waals surface area contributed by atoms with E-state index in [1.165, 1.54) is 18.9 Å². The third-order valence-electron chi connectivity index (χ3n) is 4.12. The first-order chi connectivity index (χ1) is 11.7. The lowest BCUT2D eigenvalue weighted by molar-refractivity contribution is -0.192. The number of carboxylic acids is 2. The summed E-state index contributed by atoms with van der Waals surface area (Å²) in [6.45, 7) is 1.65. The number of carbonyl (C=O) groups excluding carboxylic acids is 2. The zero-order valence-electron chi connectivity index (χ0n) is 13.9. The van der Waals surface area contributed by atoms with Gasteiger partial charge in [-0.1, -0.05) is 0 Å². The molecule has 0 saturated carbocycles. The predicted molar refractivity (Wildman–Crippen MR) is 87.4 cm³/mol. The Kier molecular flexibility index (Phi) is 5.73. The Balaban J connectivity index is 2.05. The molecule has 0 spiro atoms. The minimum atomic E-state index is -1.59. The maximum absolute atomic E-state index is 12.6. The van der Waals surface area contributed by atoms with E-state index in [-0.39, 0.29) is 18.5 Å². The molecule has 3 N–H and O–H groups in total. The minimum absolute atomic E-state index is 0.0278. The number of unbranched alkanes of at least 4 members (excludes halogenated alkanes) is 1. The number of nitrogens with one attached hydrogen (secondary N) is 1. The van der Waals surface area contributed by atoms with E-state index in [9.17, 15) is 24.3 Å². The lowest BCUT2D eigenvalue weighted by Gasteiger charge is -2.55. The first kappa shape index (κ1) is 19.3. The van der Waals surface area contributed by atoms with Gasteiger partial charge in [-0.2, -0.15) is 0 Å². The summed E-state index contributed by atoms with van der Waals surface area (Å²) in [5.41, 5.74) is -1.08. The van der Waals surface area contributed by atoms with Crippen LogP contribution in [0.3, 0.4) is 0 Å². The highest BCUT2D eigenvalue weighted by atomic mass is 32.2. The Morgan fingerprint density at radius 3 is 2.52 bits per heavy atom. The summed E-state index contributed by atoms with van der Waals surface area (Å²) in [5.74, 6) is -2.77. The molecule has 1 saturated heterocycles. The van der Waals surface area contributed by atoms with Gasteiger partial charge in [-0.3, -0.25) is 19.3 Å². The summed E-state index contributed by atoms with van der Waals surface area (Å²) in [5, 5.41) is 19.8. The molecule has 0 aromatic carbocycles. The smallest absolute Gasteiger partial charge is 0.352 e. The van der Waals surface area contributed by atoms with Gasteiger partial charge in [0.1, 0.15) is 11.1 Å². The van der Waals surface area contributed by atoms with Crippen molar-refractivity contribution < 1.29 is 34.1 Å². The van der Waals surface area contributed by atoms with Crippen LogP contribution in [0.1, 0.15) is 32.6 Å². The SMILES string of the molecule is CO[C@@]1(NC(=O)CCCCC(=O)O)C(=O)N2C(C(=O)O)=C(C)CS[C@H]21. The molecule has 0 aliphatic carbocycles. The van der Waals surface area contributed by atoms with Gasteiger partial charge >= 0.3 is 11.9 Å². The van der Waals surface area contributed by atoms with Crippen LogP contribution in [0.15, 0.2) is 11.3 Å². The fraction of sp³-hybridized carbons (Fsp3) is 0.600. The maximum atomic E-state index is 12.6. The lowest BCUT2D eigenvalue weighted by Crippen LogP contribution is -2.80. The summed E-state index contributed by atoms with van der Waals surface area (Å²) in [6.07, 6.45) is 0.753. The second-order valence-electron chi connectivity index (χ2n) is 5.86. The Morgan fingerprint density at radius 1 is 1.32 bits per heavy atom. The van der Waals surface area contributed by atoms with E-state index in [0.717, 1.165) is 4.90 Å². The van der Waals surface area contributed by atoms with Crippen molar-refractivity contribution in [2.75, 3.05) is 12.9 Å². The highest BCUT2D eigenvalue weighted by Gasteiger charge is 2.66. The van der Waals surface area contributed by atoms with Crippen LogP contribution in [0.4, 0.5) is 0 Å². The van der Waals surface area contributed by atoms with Crippen molar-refractivity contribution in [1.82, 2.24) is 10.2 Å². The zero-order valence-corrected chi connectivity index (χ0v) is 14.7. The van der Waals surface area contributed by atoms with E-state index in [0.29, 0.717) is 24.2 Å². The molecule has 2 amide bonds. The number of β-lactam (4-membered cyclic amide) rings is 1. The standard InChI is InChI=1S/C15H20N2O7S/c1-8-7-25-14-15(24-2,13(23)17(14)11(8)12(21)22)16-9(18)5-3-4-6-10(19)20/h14H,3-7H2,1-2H3,(H,16,18)(H,19,20)(H,21,22)/t14-,15-/m0/s1. The normalized spacial score (nSPS) is 25.3. The Hall–Kier alpha value is -2.07. The molecule has 0 radical (unpaired) electrons. The van der Waals surface area contributed by atoms with Crippen LogP contribution in [0, 0.1) is 0 Å². The molecule has 2 aliphatic heterocycles. The maximum Gasteiger partial charge on any atom is 0.352 e. The number of carbonyl (C=O) groups is 4. The first-order valence-corrected chi connectivity index (χ1v) is 8.75. The summed E-state index contributed by atoms with van der Waals surface area (Å²) in [7, 11) is 1.28. The number of fused-ring (bicyclic) bond motifs is 1. The zero-order chi connectivity index (χ0) is 18.8. The fourth-order valence-corrected chi connectivity index (χ4v) is 4.25. The molecule has 2 heterocycles. The molecule has 2 atom stereocenters. The van der Waals surface area contributed by atoms with Gasteiger partial charge in [0, 0.05) is 25.7 Å². The number of amides is 2. The van der Waals surface area contributed by atoms with Crippen LogP contribution in [-0.2, 0) is 23.9 Å². The molecule has 0 aromatic rings. The average Bonchev–Trinajstić information content (AvgIpc) is 2.55. The van der Waals surface area contributed by atoms with Crippen molar-refractivity contribution >= 4 is 35.5 Å². The molecule has 10 heteroatoms. The van der Waals surface area contributed by atoms with Crippen molar-refractivity contribution in [3.8, 4) is 0 Å². The molecule has 0 aromatic heterocycles. The molecule has 138 valence electrons. The summed E-state index contributed by atoms with van der Waals surface area (Å²) in [4.78, 5) is 47.7. The van der Waals surface area contributed by atoms with Gasteiger partial charge in [0.2, 0.25) is 5.91 Å². The number of methoxy groups -OCH3 is 1. The highest BCUT2D eigenvalue weighted by molar-refractivity contribution is 8.00. The quantitative estimate of drug-likeness (QED) is 0.316. The van der Waals surface area contributed by atoms with Crippen molar-refractivity contribution in [2.24, 2.45) is 0 Å². The molecule has 9 nitrogen and oxygen atoms in total. The molecule has 2 rings (SSSR count). The highest BCUT2D eigenvalue weighted by Crippen LogP contribution is 2.46. The van der Waals surface area contributed by atoms with Crippen molar-refractivity contribution in [3.63, 3.8) is 0 Å². The molecule has 0 unspecified atom stereocenters. The van der Waals surface area contributed by atoms with Crippen LogP contribution < -0.4 is 5.32 Å². The largest absolute Gasteiger partial charge is 0.481 e. The Labute approximate surface area is 148 Å². The molecular weight excluding hydrogens is 352 g/mol. The van der Waals surface area contributed by atoms with Gasteiger partial charge in [-0.25, -0.2) is 4.79 Å². The number of ether oxygens (including phenoxy) is 1. The van der Waals surface area contributed by atoms with Gasteiger partial charge in [0.15, 0.2) is 0 Å². The van der Waals surface area contributed by atoms with E-state index in [4.69, 9.17) is 9.84 Å². The van der Waals surface area contributed by atoms with Crippen LogP contribution in [-0.4, -0.2) is 62.8 Å². The van der Waals surface area contributed by atoms with Gasteiger partial charge in [0.25, 0.3) is 11.6 Å². The lowest BCUT2D eigenvalue weighted by atomic mass is 9.98. The average molecular weight is 372 g/mol. The van der Waals surface area contributed by atoms with Crippen LogP contribution in [0.25, 0.3) is 0 Å². The molecular formula is C15H20N2O7S. The minimum Gasteiger partial charge on any atom is -0.481 e. The second kappa shape index (κ2) is 7.44. The molecule has 1 fully saturated rings. The number of hydrogen-bond donors (Lipinski definition) is 3. The molecule has 25 heavy (non-hydrogen) atoms. The van der Waals surface area contributed by atoms with E-state index < -0.39 is 34.9 Å². The number of hydrogen-bond acceptors (Lipinski definition) is 6. The van der Waals surface area contributed by atoms with Gasteiger partial charge in [-0.05, 0) is 25.3 Å². The number of carboxylic acid groups (broad SMARTS) is 2. The van der Waals surface area contributed by atoms with Crippen LogP contribution >= 0.6 is 11.8 Å². The van der Waals surface area contributed by atoms with Gasteiger partial charge in [-0.15, -0.1) is 11.8 Å². The van der Waals surface area contributed by atoms with E-state index in [1.54, 1.807) is 6.92 Å². The van der Waals surface area contributed by atoms with Crippen molar-refractivity contribution in [3.05, 3.63) is 11.3 Å². The Bertz CT molecular complexity index is 648. The third-order valence-corrected chi connectivity index (χ3v) is 5.57. The fourth-order valence-electron chi connectivity index (χ4n) is 2.87. The summed E-state index contributed by atoms with van der Waals surface area (Å²) < 4.78 is 5.28. The second-order valence-corrected chi connectivity index (χ2v) is 6.93. The van der Waals surface area contributed by atoms with E-state index >= 15 is 0 Å². The first-order valence-electron chi connectivity index (χ1n) is 7.71. The van der Waals surface area contributed by atoms with Crippen LogP contribution in [0.2, 0.25) is 0 Å². The Morgan fingerprint density at radius 2 is 1.96 bits per heavy atom. The monoisotopic (exact) mass is 372 g/mol. The van der Waals surface area contributed by atoms with Crippen LogP contribution in [0.5, 0.6) is 0 Å². The summed E-state index contributed by atoms with van der Waals surface area (Å²) >= 11 is 1.32. The van der Waals surface area contributed by atoms with Gasteiger partial charge in [0.05, 0.1) is 0 Å². The number of thioether (sulfide) groups is 1. The molecule has 0 bridgehead atoms. The third kappa shape index (κ3) is 3.49. The number of rotatable bonds is 8. The number of aliphatic carboxylic acids is 2. The van der Waals surface area contributed by atoms with Gasteiger partial charge < -0.3 is 20.3 Å². The number of nitrogens with zero attached hydrogens (tertiary/aromatic N) is 1. The van der Waals surface area contributed by atoms with E-state index in [2.05, 4.69) is 5.32 Å². The summed E-state index contributed by atoms with van der Waals surface area (Å²) in [6, 6.07) is 0. The topological polar surface area (TPSA) is 133 Å². The predicted octanol–water partition coefficient (Wildman–Crippen LogP) is 0.364. The van der Waals surface area contributed by atoms with Crippen molar-refractivity contribution in [2.45, 2.75) is 43.7 Å². The van der Waals surface area contributed by atoms with Crippen molar-refractivity contribution in [1.29, 1.82) is 0 Å².